The third-order valence-electron chi connectivity index (χ3n) is 5.95. The first-order valence-electron chi connectivity index (χ1n) is 11.6. The standard InChI is InChI=1S/C23H30N3O10PS/c1-32-21-17(25-22(38)24-10-11-26-18(27)8-9-19(26)28)12-16(20(21)36-37(30,31)33-2)14-35-23(29)34-13-15-6-4-3-5-7-15/h3-9,16-17,20-21H,10-14H2,1-2H3,(H,30,31)(H2,24,25,38)/t16-,17-,20+,21?/m1/s1. The SMILES string of the molecule is COC1[C@@H](OP(=O)(O)OC)[C@@H](COC(=O)OCc2ccccc2)C[C@H]1NC(=S)NCCN1C(=O)C=CC1=O. The van der Waals surface area contributed by atoms with Crippen molar-refractivity contribution in [3.8, 4) is 0 Å². The Morgan fingerprint density at radius 2 is 1.82 bits per heavy atom. The number of methoxy groups -OCH3 is 1. The number of amides is 2. The molecular formula is C23H30N3O10PS. The van der Waals surface area contributed by atoms with Crippen LogP contribution in [0, 0.1) is 5.92 Å². The Hall–Kier alpha value is -2.87. The van der Waals surface area contributed by atoms with Crippen LogP contribution in [0.15, 0.2) is 42.5 Å². The van der Waals surface area contributed by atoms with Crippen molar-refractivity contribution in [2.75, 3.05) is 33.9 Å². The molecule has 0 bridgehead atoms. The van der Waals surface area contributed by atoms with Crippen LogP contribution in [0.4, 0.5) is 4.79 Å². The maximum absolute atomic E-state index is 12.2. The summed E-state index contributed by atoms with van der Waals surface area (Å²) < 4.78 is 38.0. The lowest BCUT2D eigenvalue weighted by molar-refractivity contribution is -0.136. The first-order chi connectivity index (χ1) is 18.1. The van der Waals surface area contributed by atoms with E-state index < -0.39 is 50.0 Å². The summed E-state index contributed by atoms with van der Waals surface area (Å²) >= 11 is 5.33. The van der Waals surface area contributed by atoms with E-state index in [-0.39, 0.29) is 37.8 Å². The zero-order valence-corrected chi connectivity index (χ0v) is 22.5. The minimum absolute atomic E-state index is 0.0231. The molecule has 2 unspecified atom stereocenters. The molecule has 3 N–H and O–H groups in total. The Bertz CT molecular complexity index is 1070. The molecular weight excluding hydrogens is 541 g/mol. The van der Waals surface area contributed by atoms with Crippen molar-refractivity contribution in [3.05, 3.63) is 48.0 Å². The van der Waals surface area contributed by atoms with E-state index in [1.807, 2.05) is 18.2 Å². The van der Waals surface area contributed by atoms with Crippen LogP contribution < -0.4 is 10.6 Å². The number of rotatable bonds is 12. The zero-order valence-electron chi connectivity index (χ0n) is 20.8. The summed E-state index contributed by atoms with van der Waals surface area (Å²) in [4.78, 5) is 46.5. The fourth-order valence-electron chi connectivity index (χ4n) is 4.12. The molecule has 2 aliphatic rings. The molecule has 1 fully saturated rings. The molecule has 0 radical (unpaired) electrons. The first kappa shape index (κ1) is 29.7. The molecule has 1 aliphatic heterocycles. The van der Waals surface area contributed by atoms with Crippen molar-refractivity contribution < 1.29 is 47.1 Å². The number of nitrogens with one attached hydrogen (secondary N) is 2. The number of carbonyl (C=O) groups excluding carboxylic acids is 3. The van der Waals surface area contributed by atoms with Gasteiger partial charge in [-0.15, -0.1) is 0 Å². The minimum Gasteiger partial charge on any atom is -0.434 e. The molecule has 1 aliphatic carbocycles. The van der Waals surface area contributed by atoms with E-state index in [0.717, 1.165) is 17.6 Å². The number of phosphoric acid groups is 1. The highest BCUT2D eigenvalue weighted by atomic mass is 32.1. The van der Waals surface area contributed by atoms with Crippen LogP contribution in [0.5, 0.6) is 0 Å². The molecule has 38 heavy (non-hydrogen) atoms. The Kier molecular flexibility index (Phi) is 10.8. The van der Waals surface area contributed by atoms with Gasteiger partial charge in [-0.2, -0.15) is 0 Å². The third kappa shape index (κ3) is 8.32. The van der Waals surface area contributed by atoms with Crippen LogP contribution in [0.3, 0.4) is 0 Å². The van der Waals surface area contributed by atoms with Gasteiger partial charge < -0.3 is 29.7 Å². The van der Waals surface area contributed by atoms with E-state index in [4.69, 9.17) is 31.0 Å². The summed E-state index contributed by atoms with van der Waals surface area (Å²) in [5.74, 6) is -1.38. The van der Waals surface area contributed by atoms with E-state index in [9.17, 15) is 23.8 Å². The van der Waals surface area contributed by atoms with E-state index >= 15 is 0 Å². The number of phosphoric ester groups is 1. The van der Waals surface area contributed by atoms with E-state index in [0.29, 0.717) is 0 Å². The van der Waals surface area contributed by atoms with Gasteiger partial charge in [-0.25, -0.2) is 9.36 Å². The molecule has 15 heteroatoms. The Labute approximate surface area is 225 Å². The first-order valence-corrected chi connectivity index (χ1v) is 13.5. The van der Waals surface area contributed by atoms with Crippen molar-refractivity contribution in [1.29, 1.82) is 0 Å². The summed E-state index contributed by atoms with van der Waals surface area (Å²) in [5.41, 5.74) is 0.785. The minimum atomic E-state index is -4.42. The highest BCUT2D eigenvalue weighted by Crippen LogP contribution is 2.48. The number of ether oxygens (including phenoxy) is 3. The van der Waals surface area contributed by atoms with Crippen molar-refractivity contribution in [1.82, 2.24) is 15.5 Å². The lowest BCUT2D eigenvalue weighted by Gasteiger charge is -2.27. The number of benzene rings is 1. The van der Waals surface area contributed by atoms with Crippen LogP contribution in [0.1, 0.15) is 12.0 Å². The van der Waals surface area contributed by atoms with Gasteiger partial charge in [-0.05, 0) is 24.2 Å². The van der Waals surface area contributed by atoms with Gasteiger partial charge in [0, 0.05) is 45.4 Å². The lowest BCUT2D eigenvalue weighted by Crippen LogP contribution is -2.49. The number of thiocarbonyl (C=S) groups is 1. The molecule has 1 saturated carbocycles. The van der Waals surface area contributed by atoms with Gasteiger partial charge in [0.15, 0.2) is 5.11 Å². The second kappa shape index (κ2) is 13.8. The number of carbonyl (C=O) groups is 3. The monoisotopic (exact) mass is 571 g/mol. The molecule has 1 aromatic rings. The van der Waals surface area contributed by atoms with Crippen LogP contribution in [-0.2, 0) is 44.0 Å². The summed E-state index contributed by atoms with van der Waals surface area (Å²) in [7, 11) is -1.99. The molecule has 208 valence electrons. The topological polar surface area (TPSA) is 162 Å². The summed E-state index contributed by atoms with van der Waals surface area (Å²) in [6.07, 6.45) is -0.00219. The average Bonchev–Trinajstić information content (AvgIpc) is 3.39. The van der Waals surface area contributed by atoms with Gasteiger partial charge in [0.25, 0.3) is 11.8 Å². The normalized spacial score (nSPS) is 24.2. The molecule has 2 amide bonds. The van der Waals surface area contributed by atoms with Gasteiger partial charge in [0.1, 0.15) is 25.4 Å². The molecule has 13 nitrogen and oxygen atoms in total. The maximum atomic E-state index is 12.2. The maximum Gasteiger partial charge on any atom is 0.508 e. The second-order valence-electron chi connectivity index (χ2n) is 8.42. The lowest BCUT2D eigenvalue weighted by atomic mass is 10.1. The van der Waals surface area contributed by atoms with Crippen molar-refractivity contribution >= 4 is 43.1 Å². The zero-order chi connectivity index (χ0) is 27.7. The van der Waals surface area contributed by atoms with E-state index in [1.54, 1.807) is 12.1 Å². The quantitative estimate of drug-likeness (QED) is 0.142. The van der Waals surface area contributed by atoms with Crippen LogP contribution >= 0.6 is 20.0 Å². The fraction of sp³-hybridized carbons (Fsp3) is 0.478. The summed E-state index contributed by atoms with van der Waals surface area (Å²) in [6, 6.07) is 8.55. The number of hydrogen-bond donors (Lipinski definition) is 3. The highest BCUT2D eigenvalue weighted by Gasteiger charge is 2.48. The molecule has 0 aromatic heterocycles. The van der Waals surface area contributed by atoms with Crippen molar-refractivity contribution in [2.24, 2.45) is 5.92 Å². The average molecular weight is 572 g/mol. The van der Waals surface area contributed by atoms with E-state index in [2.05, 4.69) is 15.2 Å². The summed E-state index contributed by atoms with van der Waals surface area (Å²) in [6.45, 7) is 0.145. The van der Waals surface area contributed by atoms with Gasteiger partial charge in [-0.1, -0.05) is 30.3 Å². The molecule has 0 spiro atoms. The number of imide groups is 1. The predicted octanol–water partition coefficient (Wildman–Crippen LogP) is 1.26. The molecule has 0 saturated heterocycles. The van der Waals surface area contributed by atoms with Crippen LogP contribution in [0.25, 0.3) is 0 Å². The van der Waals surface area contributed by atoms with Gasteiger partial charge in [0.2, 0.25) is 0 Å². The second-order valence-corrected chi connectivity index (χ2v) is 10.3. The number of hydrogen-bond acceptors (Lipinski definition) is 10. The number of nitrogens with zero attached hydrogens (tertiary/aromatic N) is 1. The molecule has 3 rings (SSSR count). The van der Waals surface area contributed by atoms with E-state index in [1.165, 1.54) is 19.3 Å². The predicted molar refractivity (Wildman–Crippen MR) is 137 cm³/mol. The van der Waals surface area contributed by atoms with Gasteiger partial charge in [0.05, 0.1) is 6.04 Å². The summed E-state index contributed by atoms with van der Waals surface area (Å²) in [5, 5.41) is 6.16. The third-order valence-corrected chi connectivity index (χ3v) is 7.19. The smallest absolute Gasteiger partial charge is 0.434 e. The van der Waals surface area contributed by atoms with Crippen LogP contribution in [-0.4, -0.2) is 85.0 Å². The molecule has 1 heterocycles. The Balaban J connectivity index is 1.56. The Morgan fingerprint density at radius 1 is 1.13 bits per heavy atom. The molecule has 5 atom stereocenters. The van der Waals surface area contributed by atoms with Crippen molar-refractivity contribution in [2.45, 2.75) is 31.3 Å². The molecule has 1 aromatic carbocycles. The largest absolute Gasteiger partial charge is 0.508 e. The van der Waals surface area contributed by atoms with Gasteiger partial charge in [-0.3, -0.25) is 23.5 Å². The van der Waals surface area contributed by atoms with Crippen LogP contribution in [0.2, 0.25) is 0 Å². The highest BCUT2D eigenvalue weighted by molar-refractivity contribution is 7.80. The fourth-order valence-corrected chi connectivity index (χ4v) is 5.06. The van der Waals surface area contributed by atoms with Gasteiger partial charge >= 0.3 is 14.0 Å². The Morgan fingerprint density at radius 3 is 2.45 bits per heavy atom. The van der Waals surface area contributed by atoms with Crippen molar-refractivity contribution in [3.63, 3.8) is 0 Å².